The summed E-state index contributed by atoms with van der Waals surface area (Å²) < 4.78 is 30.7. The Balaban J connectivity index is 2.42. The van der Waals surface area contributed by atoms with Crippen LogP contribution in [0.1, 0.15) is 6.42 Å². The maximum absolute atomic E-state index is 12.8. The van der Waals surface area contributed by atoms with Gasteiger partial charge in [-0.3, -0.25) is 0 Å². The monoisotopic (exact) mass is 231 g/mol. The molecule has 1 unspecified atom stereocenters. The van der Waals surface area contributed by atoms with E-state index in [1.807, 2.05) is 0 Å². The molecule has 0 radical (unpaired) electrons. The average Bonchev–Trinajstić information content (AvgIpc) is 2.23. The second-order valence-electron chi connectivity index (χ2n) is 3.41. The molecule has 1 rings (SSSR count). The van der Waals surface area contributed by atoms with Crippen molar-refractivity contribution in [2.45, 2.75) is 12.5 Å². The maximum atomic E-state index is 12.8. The van der Waals surface area contributed by atoms with Crippen molar-refractivity contribution in [1.29, 1.82) is 0 Å². The Morgan fingerprint density at radius 1 is 1.31 bits per heavy atom. The molecule has 2 N–H and O–H groups in total. The van der Waals surface area contributed by atoms with Gasteiger partial charge in [0.25, 0.3) is 0 Å². The highest BCUT2D eigenvalue weighted by Gasteiger charge is 2.05. The second kappa shape index (κ2) is 6.40. The van der Waals surface area contributed by atoms with Crippen molar-refractivity contribution < 1.29 is 18.6 Å². The topological polar surface area (TPSA) is 41.5 Å². The lowest BCUT2D eigenvalue weighted by Gasteiger charge is -2.13. The first kappa shape index (κ1) is 12.9. The predicted octanol–water partition coefficient (Wildman–Crippen LogP) is 1.31. The third kappa shape index (κ3) is 4.12. The molecule has 0 aliphatic carbocycles. The fourth-order valence-electron chi connectivity index (χ4n) is 1.26. The van der Waals surface area contributed by atoms with Crippen molar-refractivity contribution in [2.75, 3.05) is 20.3 Å². The number of halogens is 2. The van der Waals surface area contributed by atoms with Crippen LogP contribution in [0.3, 0.4) is 0 Å². The number of rotatable bonds is 6. The zero-order valence-corrected chi connectivity index (χ0v) is 9.04. The lowest BCUT2D eigenvalue weighted by atomic mass is 10.2. The number of benzene rings is 1. The van der Waals surface area contributed by atoms with Crippen molar-refractivity contribution in [1.82, 2.24) is 5.32 Å². The molecule has 3 nitrogen and oxygen atoms in total. The van der Waals surface area contributed by atoms with Crippen molar-refractivity contribution >= 4 is 0 Å². The van der Waals surface area contributed by atoms with E-state index in [9.17, 15) is 8.78 Å². The van der Waals surface area contributed by atoms with Gasteiger partial charge in [0.1, 0.15) is 17.4 Å². The highest BCUT2D eigenvalue weighted by atomic mass is 19.1. The zero-order chi connectivity index (χ0) is 12.0. The Bertz CT molecular complexity index is 310. The molecular weight excluding hydrogens is 216 g/mol. The minimum absolute atomic E-state index is 0.00261. The molecule has 0 heterocycles. The van der Waals surface area contributed by atoms with E-state index in [1.54, 1.807) is 7.05 Å². The number of hydrogen-bond acceptors (Lipinski definition) is 3. The number of hydrogen-bond donors (Lipinski definition) is 2. The first-order valence-electron chi connectivity index (χ1n) is 5.02. The first-order chi connectivity index (χ1) is 7.65. The predicted molar refractivity (Wildman–Crippen MR) is 56.4 cm³/mol. The van der Waals surface area contributed by atoms with Crippen molar-refractivity contribution in [3.8, 4) is 5.75 Å². The molecule has 0 aromatic heterocycles. The molecule has 90 valence electrons. The minimum Gasteiger partial charge on any atom is -0.493 e. The summed E-state index contributed by atoms with van der Waals surface area (Å²) in [6.07, 6.45) is 0.561. The third-order valence-electron chi connectivity index (χ3n) is 2.20. The van der Waals surface area contributed by atoms with Crippen molar-refractivity contribution in [2.24, 2.45) is 0 Å². The lowest BCUT2D eigenvalue weighted by Crippen LogP contribution is -2.30. The maximum Gasteiger partial charge on any atom is 0.129 e. The van der Waals surface area contributed by atoms with E-state index in [1.165, 1.54) is 0 Å². The second-order valence-corrected chi connectivity index (χ2v) is 3.41. The van der Waals surface area contributed by atoms with Gasteiger partial charge in [-0.2, -0.15) is 0 Å². The highest BCUT2D eigenvalue weighted by Crippen LogP contribution is 2.15. The van der Waals surface area contributed by atoms with E-state index in [4.69, 9.17) is 9.84 Å². The van der Waals surface area contributed by atoms with Gasteiger partial charge in [-0.15, -0.1) is 0 Å². The number of ether oxygens (including phenoxy) is 1. The number of likely N-dealkylation sites (N-methyl/N-ethyl adjacent to an activating group) is 1. The van der Waals surface area contributed by atoms with E-state index in [0.29, 0.717) is 6.42 Å². The smallest absolute Gasteiger partial charge is 0.129 e. The van der Waals surface area contributed by atoms with Crippen molar-refractivity contribution in [3.63, 3.8) is 0 Å². The normalized spacial score (nSPS) is 12.5. The summed E-state index contributed by atoms with van der Waals surface area (Å²) in [6, 6.07) is 2.96. The van der Waals surface area contributed by atoms with Gasteiger partial charge in [0.2, 0.25) is 0 Å². The van der Waals surface area contributed by atoms with E-state index >= 15 is 0 Å². The molecule has 0 aliphatic rings. The van der Waals surface area contributed by atoms with Crippen LogP contribution in [0, 0.1) is 11.6 Å². The molecule has 0 fully saturated rings. The summed E-state index contributed by atoms with van der Waals surface area (Å²) in [4.78, 5) is 0. The molecule has 5 heteroatoms. The summed E-state index contributed by atoms with van der Waals surface area (Å²) in [5, 5.41) is 11.8. The lowest BCUT2D eigenvalue weighted by molar-refractivity contribution is 0.213. The van der Waals surface area contributed by atoms with E-state index < -0.39 is 11.6 Å². The minimum atomic E-state index is -0.665. The van der Waals surface area contributed by atoms with E-state index in [2.05, 4.69) is 5.32 Å². The fourth-order valence-corrected chi connectivity index (χ4v) is 1.26. The molecule has 1 aromatic carbocycles. The van der Waals surface area contributed by atoms with Crippen LogP contribution in [-0.4, -0.2) is 31.4 Å². The van der Waals surface area contributed by atoms with Crippen LogP contribution in [0.4, 0.5) is 8.78 Å². The van der Waals surface area contributed by atoms with Crippen LogP contribution in [0.25, 0.3) is 0 Å². The third-order valence-corrected chi connectivity index (χ3v) is 2.20. The summed E-state index contributed by atoms with van der Waals surface area (Å²) in [7, 11) is 1.72. The van der Waals surface area contributed by atoms with Crippen LogP contribution in [0.15, 0.2) is 18.2 Å². The zero-order valence-electron chi connectivity index (χ0n) is 9.04. The highest BCUT2D eigenvalue weighted by molar-refractivity contribution is 5.23. The molecule has 0 amide bonds. The van der Waals surface area contributed by atoms with Crippen LogP contribution in [-0.2, 0) is 0 Å². The number of nitrogens with one attached hydrogen (secondary N) is 1. The van der Waals surface area contributed by atoms with Gasteiger partial charge in [-0.25, -0.2) is 8.78 Å². The molecular formula is C11H15F2NO2. The molecule has 0 bridgehead atoms. The quantitative estimate of drug-likeness (QED) is 0.775. The van der Waals surface area contributed by atoms with Gasteiger partial charge in [0.15, 0.2) is 0 Å². The summed E-state index contributed by atoms with van der Waals surface area (Å²) in [5.41, 5.74) is 0. The SMILES string of the molecule is CNC(CO)CCOc1cc(F)cc(F)c1. The van der Waals surface area contributed by atoms with Gasteiger partial charge < -0.3 is 15.2 Å². The Labute approximate surface area is 93.0 Å². The van der Waals surface area contributed by atoms with Gasteiger partial charge in [-0.05, 0) is 13.5 Å². The van der Waals surface area contributed by atoms with Crippen LogP contribution < -0.4 is 10.1 Å². The summed E-state index contributed by atoms with van der Waals surface area (Å²) >= 11 is 0. The molecule has 0 spiro atoms. The number of aliphatic hydroxyl groups excluding tert-OH is 1. The molecule has 1 aromatic rings. The largest absolute Gasteiger partial charge is 0.493 e. The number of aliphatic hydroxyl groups is 1. The van der Waals surface area contributed by atoms with Crippen LogP contribution in [0.2, 0.25) is 0 Å². The van der Waals surface area contributed by atoms with E-state index in [0.717, 1.165) is 18.2 Å². The average molecular weight is 231 g/mol. The Morgan fingerprint density at radius 3 is 2.44 bits per heavy atom. The molecule has 0 saturated heterocycles. The van der Waals surface area contributed by atoms with Gasteiger partial charge in [0, 0.05) is 24.2 Å². The van der Waals surface area contributed by atoms with Crippen LogP contribution >= 0.6 is 0 Å². The first-order valence-corrected chi connectivity index (χ1v) is 5.02. The Morgan fingerprint density at radius 2 is 1.94 bits per heavy atom. The standard InChI is InChI=1S/C11H15F2NO2/c1-14-10(7-15)2-3-16-11-5-8(12)4-9(13)6-11/h4-6,10,14-15H,2-3,7H2,1H3. The molecule has 0 aliphatic heterocycles. The van der Waals surface area contributed by atoms with E-state index in [-0.39, 0.29) is 25.0 Å². The fraction of sp³-hybridized carbons (Fsp3) is 0.455. The van der Waals surface area contributed by atoms with Gasteiger partial charge in [-0.1, -0.05) is 0 Å². The van der Waals surface area contributed by atoms with Crippen molar-refractivity contribution in [3.05, 3.63) is 29.8 Å². The molecule has 0 saturated carbocycles. The molecule has 16 heavy (non-hydrogen) atoms. The van der Waals surface area contributed by atoms with Crippen LogP contribution in [0.5, 0.6) is 5.75 Å². The Hall–Kier alpha value is -1.20. The molecule has 1 atom stereocenters. The van der Waals surface area contributed by atoms with Gasteiger partial charge in [0.05, 0.1) is 13.2 Å². The van der Waals surface area contributed by atoms with Gasteiger partial charge >= 0.3 is 0 Å². The summed E-state index contributed by atoms with van der Waals surface area (Å²) in [5.74, 6) is -1.17. The summed E-state index contributed by atoms with van der Waals surface area (Å²) in [6.45, 7) is 0.284. The Kier molecular flexibility index (Phi) is 5.14.